The van der Waals surface area contributed by atoms with Crippen molar-refractivity contribution in [1.29, 1.82) is 0 Å². The first-order valence-electron chi connectivity index (χ1n) is 9.16. The van der Waals surface area contributed by atoms with E-state index in [4.69, 9.17) is 11.2 Å². The summed E-state index contributed by atoms with van der Waals surface area (Å²) in [4.78, 5) is 0. The zero-order valence-electron chi connectivity index (χ0n) is 14.8. The van der Waals surface area contributed by atoms with Crippen molar-refractivity contribution in [1.82, 2.24) is 4.31 Å². The van der Waals surface area contributed by atoms with Crippen molar-refractivity contribution in [2.24, 2.45) is 0 Å². The second-order valence-corrected chi connectivity index (χ2v) is 9.35. The molecule has 0 aliphatic carbocycles. The fourth-order valence-electron chi connectivity index (χ4n) is 3.72. The largest absolute Gasteiger partial charge is 0.379 e. The van der Waals surface area contributed by atoms with Gasteiger partial charge in [-0.05, 0) is 41.6 Å². The maximum atomic E-state index is 12.0. The van der Waals surface area contributed by atoms with Crippen LogP contribution < -0.4 is 0 Å². The van der Waals surface area contributed by atoms with Crippen molar-refractivity contribution in [3.8, 4) is 0 Å². The maximum absolute atomic E-state index is 12.0. The van der Waals surface area contributed by atoms with Crippen LogP contribution in [0.4, 0.5) is 0 Å². The lowest BCUT2D eigenvalue weighted by molar-refractivity contribution is 0.0227. The number of aliphatic hydroxyl groups is 1. The van der Waals surface area contributed by atoms with Crippen molar-refractivity contribution in [3.63, 3.8) is 0 Å². The van der Waals surface area contributed by atoms with Gasteiger partial charge < -0.3 is 5.11 Å². The summed E-state index contributed by atoms with van der Waals surface area (Å²) in [5.41, 5.74) is 0.899. The molecule has 2 unspecified atom stereocenters. The average molecular weight is 374 g/mol. The van der Waals surface area contributed by atoms with Gasteiger partial charge in [-0.2, -0.15) is 0 Å². The van der Waals surface area contributed by atoms with Crippen LogP contribution in [-0.2, 0) is 26.4 Å². The van der Waals surface area contributed by atoms with E-state index in [0.717, 1.165) is 42.7 Å². The Balaban J connectivity index is 2.01. The van der Waals surface area contributed by atoms with Crippen LogP contribution in [0.2, 0.25) is 0 Å². The summed E-state index contributed by atoms with van der Waals surface area (Å²) < 4.78 is 2.39. The molecule has 1 aliphatic rings. The molecule has 0 aromatic heterocycles. The highest BCUT2D eigenvalue weighted by atomic mass is 32.8. The van der Waals surface area contributed by atoms with Gasteiger partial charge in [-0.25, -0.2) is 4.31 Å². The summed E-state index contributed by atoms with van der Waals surface area (Å²) in [5, 5.41) is 12.0. The molecule has 0 bridgehead atoms. The number of hydrogen-bond acceptors (Lipinski definition) is 2. The maximum Gasteiger partial charge on any atom is 0.131 e. The summed E-state index contributed by atoms with van der Waals surface area (Å²) in [7, 11) is -0.213. The van der Waals surface area contributed by atoms with Crippen LogP contribution in [-0.4, -0.2) is 27.8 Å². The molecule has 2 aromatic carbocycles. The average Bonchev–Trinajstić information content (AvgIpc) is 3.17. The van der Waals surface area contributed by atoms with Crippen LogP contribution in [0.1, 0.15) is 43.7 Å². The lowest BCUT2D eigenvalue weighted by Crippen LogP contribution is -2.49. The van der Waals surface area contributed by atoms with E-state index in [0.29, 0.717) is 0 Å². The second kappa shape index (κ2) is 8.54. The fourth-order valence-corrected chi connectivity index (χ4v) is 6.26. The van der Waals surface area contributed by atoms with Gasteiger partial charge in [-0.3, -0.25) is 0 Å². The number of rotatable bonds is 7. The Hall–Kier alpha value is -1.07. The van der Waals surface area contributed by atoms with E-state index in [1.54, 1.807) is 0 Å². The minimum atomic E-state index is -1.02. The lowest BCUT2D eigenvalue weighted by atomic mass is 9.79. The highest BCUT2D eigenvalue weighted by Gasteiger charge is 2.46. The molecule has 1 heterocycles. The highest BCUT2D eigenvalue weighted by molar-refractivity contribution is 8.27. The second-order valence-electron chi connectivity index (χ2n) is 6.68. The zero-order chi connectivity index (χ0) is 17.7. The van der Waals surface area contributed by atoms with E-state index < -0.39 is 5.60 Å². The molecular weight excluding hydrogens is 346 g/mol. The molecule has 1 N–H and O–H groups in total. The van der Waals surface area contributed by atoms with Gasteiger partial charge in [-0.15, -0.1) is 0 Å². The number of nitrogens with zero attached hydrogens (tertiary/aromatic N) is 1. The van der Waals surface area contributed by atoms with E-state index in [1.807, 2.05) is 60.7 Å². The zero-order valence-corrected chi connectivity index (χ0v) is 16.4. The Morgan fingerprint density at radius 2 is 1.64 bits per heavy atom. The van der Waals surface area contributed by atoms with E-state index in [-0.39, 0.29) is 15.7 Å². The number of benzene rings is 2. The first kappa shape index (κ1) is 18.7. The van der Waals surface area contributed by atoms with Gasteiger partial charge in [0.25, 0.3) is 0 Å². The van der Waals surface area contributed by atoms with Crippen molar-refractivity contribution >= 4 is 20.8 Å². The van der Waals surface area contributed by atoms with E-state index in [1.165, 1.54) is 6.42 Å². The van der Waals surface area contributed by atoms with Crippen molar-refractivity contribution in [2.75, 3.05) is 12.3 Å². The molecule has 134 valence electrons. The Bertz CT molecular complexity index is 650. The van der Waals surface area contributed by atoms with Crippen LogP contribution in [0.3, 0.4) is 0 Å². The first-order chi connectivity index (χ1) is 12.2. The molecule has 1 saturated heterocycles. The van der Waals surface area contributed by atoms with Crippen LogP contribution in [0.25, 0.3) is 0 Å². The molecule has 0 amide bonds. The van der Waals surface area contributed by atoms with Gasteiger partial charge in [0.2, 0.25) is 0 Å². The molecule has 2 atom stereocenters. The van der Waals surface area contributed by atoms with Crippen molar-refractivity contribution in [3.05, 3.63) is 71.8 Å². The normalized spacial score (nSPS) is 19.8. The van der Waals surface area contributed by atoms with Gasteiger partial charge in [-0.1, -0.05) is 83.6 Å². The predicted molar refractivity (Wildman–Crippen MR) is 110 cm³/mol. The van der Waals surface area contributed by atoms with Crippen LogP contribution in [0, 0.1) is 0 Å². The van der Waals surface area contributed by atoms with Crippen LogP contribution >= 0.6 is 0 Å². The standard InChI is InChI=1S/C21H27NOS2/c1-2-3-17-25(24)22-16-10-15-20(22)21(23,18-11-6-4-7-12-18)19-13-8-5-9-14-19/h4-9,11-14,20,23H,2-3,10,15-17H2,1H3. The Morgan fingerprint density at radius 3 is 2.16 bits per heavy atom. The van der Waals surface area contributed by atoms with Gasteiger partial charge >= 0.3 is 0 Å². The Morgan fingerprint density at radius 1 is 1.08 bits per heavy atom. The van der Waals surface area contributed by atoms with E-state index in [9.17, 15) is 5.11 Å². The molecule has 0 radical (unpaired) electrons. The fraction of sp³-hybridized carbons (Fsp3) is 0.429. The smallest absolute Gasteiger partial charge is 0.131 e. The predicted octanol–water partition coefficient (Wildman–Crippen LogP) is 4.18. The van der Waals surface area contributed by atoms with Crippen LogP contribution in [0.15, 0.2) is 60.7 Å². The molecule has 3 rings (SSSR count). The minimum absolute atomic E-state index is 0.0370. The van der Waals surface area contributed by atoms with Gasteiger partial charge in [0, 0.05) is 12.3 Å². The topological polar surface area (TPSA) is 23.5 Å². The third kappa shape index (κ3) is 3.87. The quantitative estimate of drug-likeness (QED) is 0.787. The highest BCUT2D eigenvalue weighted by Crippen LogP contribution is 2.40. The summed E-state index contributed by atoms with van der Waals surface area (Å²) in [5.74, 6) is 1.04. The third-order valence-corrected chi connectivity index (χ3v) is 7.72. The first-order valence-corrected chi connectivity index (χ1v) is 11.4. The number of unbranched alkanes of at least 4 members (excludes halogenated alkanes) is 1. The SMILES string of the molecule is CCCCS(=S)N1CCCC1C(O)(c1ccccc1)c1ccccc1. The van der Waals surface area contributed by atoms with Gasteiger partial charge in [0.1, 0.15) is 5.60 Å². The molecule has 1 aliphatic heterocycles. The van der Waals surface area contributed by atoms with Crippen molar-refractivity contribution < 1.29 is 5.11 Å². The lowest BCUT2D eigenvalue weighted by Gasteiger charge is -2.40. The molecule has 2 aromatic rings. The molecule has 2 nitrogen and oxygen atoms in total. The van der Waals surface area contributed by atoms with Gasteiger partial charge in [0.05, 0.1) is 6.04 Å². The monoisotopic (exact) mass is 373 g/mol. The van der Waals surface area contributed by atoms with Gasteiger partial charge in [0.15, 0.2) is 0 Å². The summed E-state index contributed by atoms with van der Waals surface area (Å²) in [6, 6.07) is 20.2. The molecular formula is C21H27NOS2. The minimum Gasteiger partial charge on any atom is -0.379 e. The van der Waals surface area contributed by atoms with Crippen molar-refractivity contribution in [2.45, 2.75) is 44.2 Å². The molecule has 4 heteroatoms. The molecule has 1 fully saturated rings. The molecule has 0 spiro atoms. The Labute approximate surface area is 158 Å². The number of hydrogen-bond donors (Lipinski definition) is 1. The summed E-state index contributed by atoms with van der Waals surface area (Å²) in [6.07, 6.45) is 4.40. The molecule has 25 heavy (non-hydrogen) atoms. The van der Waals surface area contributed by atoms with Crippen LogP contribution in [0.5, 0.6) is 0 Å². The summed E-state index contributed by atoms with van der Waals surface area (Å²) >= 11 is 5.85. The van der Waals surface area contributed by atoms with E-state index in [2.05, 4.69) is 11.2 Å². The third-order valence-electron chi connectivity index (χ3n) is 5.05. The molecule has 0 saturated carbocycles. The summed E-state index contributed by atoms with van der Waals surface area (Å²) in [6.45, 7) is 3.20. The van der Waals surface area contributed by atoms with E-state index >= 15 is 0 Å². The Kier molecular flexibility index (Phi) is 6.39.